The minimum absolute atomic E-state index is 0.207. The Balaban J connectivity index is 2.01. The van der Waals surface area contributed by atoms with Gasteiger partial charge in [0.15, 0.2) is 0 Å². The lowest BCUT2D eigenvalue weighted by molar-refractivity contribution is -0.144. The summed E-state index contributed by atoms with van der Waals surface area (Å²) in [7, 11) is 0. The van der Waals surface area contributed by atoms with E-state index in [9.17, 15) is 4.79 Å². The van der Waals surface area contributed by atoms with Crippen LogP contribution in [0.15, 0.2) is 0 Å². The SMILES string of the molecule is O=C(O)C1CNCCC1N1CCCC1. The summed E-state index contributed by atoms with van der Waals surface area (Å²) < 4.78 is 0. The van der Waals surface area contributed by atoms with Gasteiger partial charge in [0.05, 0.1) is 5.92 Å². The maximum absolute atomic E-state index is 11.1. The molecule has 0 amide bonds. The van der Waals surface area contributed by atoms with Gasteiger partial charge in [-0.15, -0.1) is 0 Å². The van der Waals surface area contributed by atoms with Crippen molar-refractivity contribution in [2.75, 3.05) is 26.2 Å². The molecule has 2 atom stereocenters. The zero-order valence-corrected chi connectivity index (χ0v) is 8.41. The second kappa shape index (κ2) is 4.28. The van der Waals surface area contributed by atoms with Crippen LogP contribution in [0.5, 0.6) is 0 Å². The van der Waals surface area contributed by atoms with Gasteiger partial charge < -0.3 is 10.4 Å². The predicted octanol–water partition coefficient (Wildman–Crippen LogP) is 0.145. The highest BCUT2D eigenvalue weighted by atomic mass is 16.4. The average Bonchev–Trinajstić information content (AvgIpc) is 2.70. The third-order valence-corrected chi connectivity index (χ3v) is 3.37. The lowest BCUT2D eigenvalue weighted by Gasteiger charge is -2.35. The molecule has 80 valence electrons. The topological polar surface area (TPSA) is 52.6 Å². The fourth-order valence-electron chi connectivity index (χ4n) is 2.61. The largest absolute Gasteiger partial charge is 0.481 e. The van der Waals surface area contributed by atoms with Crippen molar-refractivity contribution in [3.8, 4) is 0 Å². The summed E-state index contributed by atoms with van der Waals surface area (Å²) >= 11 is 0. The molecule has 0 radical (unpaired) electrons. The molecule has 2 aliphatic heterocycles. The summed E-state index contributed by atoms with van der Waals surface area (Å²) in [5.41, 5.74) is 0. The first-order chi connectivity index (χ1) is 6.79. The Hall–Kier alpha value is -0.610. The van der Waals surface area contributed by atoms with Crippen LogP contribution in [0.3, 0.4) is 0 Å². The Kier molecular flexibility index (Phi) is 3.03. The quantitative estimate of drug-likeness (QED) is 0.663. The summed E-state index contributed by atoms with van der Waals surface area (Å²) in [5.74, 6) is -0.851. The van der Waals surface area contributed by atoms with Crippen LogP contribution in [0.2, 0.25) is 0 Å². The molecular weight excluding hydrogens is 180 g/mol. The normalized spacial score (nSPS) is 34.6. The maximum Gasteiger partial charge on any atom is 0.309 e. The van der Waals surface area contributed by atoms with Crippen molar-refractivity contribution >= 4 is 5.97 Å². The van der Waals surface area contributed by atoms with E-state index in [4.69, 9.17) is 5.11 Å². The van der Waals surface area contributed by atoms with Gasteiger partial charge in [-0.1, -0.05) is 0 Å². The lowest BCUT2D eigenvalue weighted by atomic mass is 9.92. The van der Waals surface area contributed by atoms with Gasteiger partial charge in [0.1, 0.15) is 0 Å². The summed E-state index contributed by atoms with van der Waals surface area (Å²) in [6, 6.07) is 0.274. The Bertz CT molecular complexity index is 214. The summed E-state index contributed by atoms with van der Waals surface area (Å²) in [4.78, 5) is 13.4. The van der Waals surface area contributed by atoms with Crippen LogP contribution >= 0.6 is 0 Å². The number of likely N-dealkylation sites (tertiary alicyclic amines) is 1. The van der Waals surface area contributed by atoms with Crippen molar-refractivity contribution in [1.82, 2.24) is 10.2 Å². The van der Waals surface area contributed by atoms with Gasteiger partial charge >= 0.3 is 5.97 Å². The van der Waals surface area contributed by atoms with Crippen molar-refractivity contribution in [2.24, 2.45) is 5.92 Å². The fraction of sp³-hybridized carbons (Fsp3) is 0.900. The summed E-state index contributed by atoms with van der Waals surface area (Å²) in [5, 5.41) is 12.3. The van der Waals surface area contributed by atoms with E-state index >= 15 is 0 Å². The second-order valence-electron chi connectivity index (χ2n) is 4.25. The van der Waals surface area contributed by atoms with E-state index in [2.05, 4.69) is 10.2 Å². The fourth-order valence-corrected chi connectivity index (χ4v) is 2.61. The van der Waals surface area contributed by atoms with E-state index in [-0.39, 0.29) is 12.0 Å². The number of carboxylic acid groups (broad SMARTS) is 1. The van der Waals surface area contributed by atoms with Gasteiger partial charge in [-0.05, 0) is 38.9 Å². The standard InChI is InChI=1S/C10H18N2O2/c13-10(14)8-7-11-4-3-9(8)12-5-1-2-6-12/h8-9,11H,1-7H2,(H,13,14). The molecule has 0 saturated carbocycles. The van der Waals surface area contributed by atoms with E-state index < -0.39 is 5.97 Å². The molecule has 0 aromatic rings. The van der Waals surface area contributed by atoms with Gasteiger partial charge in [-0.25, -0.2) is 0 Å². The molecule has 0 bridgehead atoms. The van der Waals surface area contributed by atoms with Crippen LogP contribution in [-0.2, 0) is 4.79 Å². The smallest absolute Gasteiger partial charge is 0.309 e. The van der Waals surface area contributed by atoms with E-state index in [0.717, 1.165) is 26.1 Å². The van der Waals surface area contributed by atoms with Crippen molar-refractivity contribution in [3.05, 3.63) is 0 Å². The van der Waals surface area contributed by atoms with Crippen molar-refractivity contribution in [2.45, 2.75) is 25.3 Å². The lowest BCUT2D eigenvalue weighted by Crippen LogP contribution is -2.51. The molecule has 2 rings (SSSR count). The number of carbonyl (C=O) groups is 1. The number of carboxylic acids is 1. The first-order valence-corrected chi connectivity index (χ1v) is 5.46. The molecule has 0 spiro atoms. The second-order valence-corrected chi connectivity index (χ2v) is 4.25. The molecule has 2 aliphatic rings. The van der Waals surface area contributed by atoms with Crippen molar-refractivity contribution in [1.29, 1.82) is 0 Å². The highest BCUT2D eigenvalue weighted by molar-refractivity contribution is 5.71. The molecule has 2 N–H and O–H groups in total. The minimum atomic E-state index is -0.644. The van der Waals surface area contributed by atoms with Gasteiger partial charge in [0, 0.05) is 12.6 Å². The number of piperidine rings is 1. The van der Waals surface area contributed by atoms with Gasteiger partial charge in [-0.3, -0.25) is 9.69 Å². The van der Waals surface area contributed by atoms with Gasteiger partial charge in [0.25, 0.3) is 0 Å². The van der Waals surface area contributed by atoms with Gasteiger partial charge in [-0.2, -0.15) is 0 Å². The number of hydrogen-bond donors (Lipinski definition) is 2. The van der Waals surface area contributed by atoms with Crippen LogP contribution < -0.4 is 5.32 Å². The molecule has 4 heteroatoms. The van der Waals surface area contributed by atoms with Crippen molar-refractivity contribution < 1.29 is 9.90 Å². The van der Waals surface area contributed by atoms with E-state index in [1.54, 1.807) is 0 Å². The first-order valence-electron chi connectivity index (χ1n) is 5.46. The van der Waals surface area contributed by atoms with E-state index in [0.29, 0.717) is 6.54 Å². The van der Waals surface area contributed by atoms with Crippen LogP contribution in [0.25, 0.3) is 0 Å². The zero-order chi connectivity index (χ0) is 9.97. The molecular formula is C10H18N2O2. The third-order valence-electron chi connectivity index (χ3n) is 3.37. The minimum Gasteiger partial charge on any atom is -0.481 e. The van der Waals surface area contributed by atoms with Crippen LogP contribution in [-0.4, -0.2) is 48.2 Å². The number of aliphatic carboxylic acids is 1. The maximum atomic E-state index is 11.1. The third kappa shape index (κ3) is 1.91. The van der Waals surface area contributed by atoms with Crippen LogP contribution in [0.1, 0.15) is 19.3 Å². The monoisotopic (exact) mass is 198 g/mol. The average molecular weight is 198 g/mol. The van der Waals surface area contributed by atoms with Crippen molar-refractivity contribution in [3.63, 3.8) is 0 Å². The van der Waals surface area contributed by atoms with E-state index in [1.165, 1.54) is 12.8 Å². The van der Waals surface area contributed by atoms with Crippen LogP contribution in [0, 0.1) is 5.92 Å². The summed E-state index contributed by atoms with van der Waals surface area (Å²) in [6.07, 6.45) is 3.45. The Morgan fingerprint density at radius 2 is 2.07 bits per heavy atom. The Morgan fingerprint density at radius 1 is 1.36 bits per heavy atom. The first kappa shape index (κ1) is 9.93. The number of nitrogens with zero attached hydrogens (tertiary/aromatic N) is 1. The number of hydrogen-bond acceptors (Lipinski definition) is 3. The molecule has 2 fully saturated rings. The number of nitrogens with one attached hydrogen (secondary N) is 1. The molecule has 0 aliphatic carbocycles. The molecule has 4 nitrogen and oxygen atoms in total. The molecule has 2 saturated heterocycles. The van der Waals surface area contributed by atoms with Crippen LogP contribution in [0.4, 0.5) is 0 Å². The predicted molar refractivity (Wildman–Crippen MR) is 53.2 cm³/mol. The molecule has 2 heterocycles. The molecule has 14 heavy (non-hydrogen) atoms. The highest BCUT2D eigenvalue weighted by Crippen LogP contribution is 2.22. The van der Waals surface area contributed by atoms with E-state index in [1.807, 2.05) is 0 Å². The highest BCUT2D eigenvalue weighted by Gasteiger charge is 2.35. The molecule has 2 unspecified atom stereocenters. The Labute approximate surface area is 84.3 Å². The molecule has 0 aromatic heterocycles. The molecule has 0 aromatic carbocycles. The summed E-state index contributed by atoms with van der Waals surface area (Å²) in [6.45, 7) is 3.78. The Morgan fingerprint density at radius 3 is 2.71 bits per heavy atom. The zero-order valence-electron chi connectivity index (χ0n) is 8.41. The van der Waals surface area contributed by atoms with Gasteiger partial charge in [0.2, 0.25) is 0 Å². The number of rotatable bonds is 2.